The number of hydrogen-bond donors (Lipinski definition) is 0. The topological polar surface area (TPSA) is 28.3 Å². The molecule has 4 heterocycles. The fraction of sp³-hybridized carbons (Fsp3) is 0. The lowest BCUT2D eigenvalue weighted by Crippen LogP contribution is -2.57. The number of fused-ring (bicyclic) bond motifs is 10. The van der Waals surface area contributed by atoms with Crippen LogP contribution in [-0.2, 0) is 0 Å². The van der Waals surface area contributed by atoms with E-state index in [1.807, 2.05) is 0 Å². The first-order valence-corrected chi connectivity index (χ1v) is 17.4. The molecule has 2 aliphatic rings. The summed E-state index contributed by atoms with van der Waals surface area (Å²) in [5, 5.41) is 4.84. The minimum Gasteiger partial charge on any atom is -0.456 e. The van der Waals surface area contributed by atoms with Crippen LogP contribution in [-0.4, -0.2) is 15.8 Å². The standard InChI is InChI=1S/C42H25BN2O2.C6H2/c1-7-19-32-26(13-1)27-14-2-8-20-33(27)44(32)36-25-37(45-34-21-9-3-15-28(34)29-16-4-10-22-35(29)45)42-40-41(36)46-38-23-11-5-17-30(38)43(40)31-18-6-12-24-39(31)47-42;1-3-5-6-4-2/h1-25H;1-2H. The predicted molar refractivity (Wildman–Crippen MR) is 218 cm³/mol. The van der Waals surface area contributed by atoms with Crippen molar-refractivity contribution in [3.8, 4) is 70.9 Å². The molecule has 4 nitrogen and oxygen atoms in total. The van der Waals surface area contributed by atoms with Gasteiger partial charge in [0.2, 0.25) is 0 Å². The van der Waals surface area contributed by atoms with Gasteiger partial charge in [0.05, 0.1) is 33.4 Å². The highest BCUT2D eigenvalue weighted by atomic mass is 16.5. The second kappa shape index (κ2) is 12.1. The molecule has 0 amide bonds. The Morgan fingerprint density at radius 1 is 0.434 bits per heavy atom. The summed E-state index contributed by atoms with van der Waals surface area (Å²) in [6, 6.07) is 53.8. The van der Waals surface area contributed by atoms with Crippen LogP contribution in [0, 0.1) is 36.5 Å². The fourth-order valence-electron chi connectivity index (χ4n) is 8.21. The summed E-state index contributed by atoms with van der Waals surface area (Å²) in [5.41, 5.74) is 9.85. The number of nitrogens with zero attached hydrogens (tertiary/aromatic N) is 2. The Morgan fingerprint density at radius 3 is 1.15 bits per heavy atom. The van der Waals surface area contributed by atoms with Crippen molar-refractivity contribution in [2.45, 2.75) is 0 Å². The van der Waals surface area contributed by atoms with Gasteiger partial charge >= 0.3 is 0 Å². The van der Waals surface area contributed by atoms with E-state index in [4.69, 9.17) is 22.3 Å². The summed E-state index contributed by atoms with van der Waals surface area (Å²) >= 11 is 0. The number of para-hydroxylation sites is 6. The number of aromatic nitrogens is 2. The molecule has 0 fully saturated rings. The number of terminal acetylenes is 2. The highest BCUT2D eigenvalue weighted by Crippen LogP contribution is 2.46. The summed E-state index contributed by atoms with van der Waals surface area (Å²) in [6.07, 6.45) is 9.39. The van der Waals surface area contributed by atoms with Gasteiger partial charge < -0.3 is 18.6 Å². The van der Waals surface area contributed by atoms with Crippen LogP contribution in [0.15, 0.2) is 152 Å². The molecule has 53 heavy (non-hydrogen) atoms. The van der Waals surface area contributed by atoms with Gasteiger partial charge in [0.15, 0.2) is 11.5 Å². The van der Waals surface area contributed by atoms with Gasteiger partial charge in [-0.15, -0.1) is 12.8 Å². The molecule has 11 rings (SSSR count). The van der Waals surface area contributed by atoms with Crippen molar-refractivity contribution in [3.63, 3.8) is 0 Å². The maximum Gasteiger partial charge on any atom is 0.260 e. The molecule has 0 radical (unpaired) electrons. The molecule has 5 heteroatoms. The molecule has 9 aromatic rings. The molecule has 2 aromatic heterocycles. The fourth-order valence-corrected chi connectivity index (χ4v) is 8.21. The van der Waals surface area contributed by atoms with E-state index in [1.165, 1.54) is 21.5 Å². The molecule has 7 aromatic carbocycles. The van der Waals surface area contributed by atoms with E-state index in [-0.39, 0.29) is 6.71 Å². The van der Waals surface area contributed by atoms with E-state index in [0.29, 0.717) is 0 Å². The van der Waals surface area contributed by atoms with Crippen molar-refractivity contribution in [3.05, 3.63) is 152 Å². The van der Waals surface area contributed by atoms with Gasteiger partial charge in [0.25, 0.3) is 6.71 Å². The normalized spacial score (nSPS) is 11.8. The highest BCUT2D eigenvalue weighted by Gasteiger charge is 2.43. The average Bonchev–Trinajstić information content (AvgIpc) is 3.73. The van der Waals surface area contributed by atoms with Gasteiger partial charge in [-0.2, -0.15) is 0 Å². The van der Waals surface area contributed by atoms with Gasteiger partial charge in [-0.3, -0.25) is 0 Å². The van der Waals surface area contributed by atoms with Gasteiger partial charge in [-0.1, -0.05) is 109 Å². The zero-order valence-corrected chi connectivity index (χ0v) is 28.4. The Morgan fingerprint density at radius 2 is 0.774 bits per heavy atom. The maximum absolute atomic E-state index is 7.03. The number of ether oxygens (including phenoxy) is 2. The minimum absolute atomic E-state index is 0.0604. The molecule has 0 atom stereocenters. The minimum atomic E-state index is -0.0604. The zero-order chi connectivity index (χ0) is 35.5. The van der Waals surface area contributed by atoms with Crippen LogP contribution >= 0.6 is 0 Å². The first kappa shape index (κ1) is 30.3. The second-order valence-corrected chi connectivity index (χ2v) is 13.0. The van der Waals surface area contributed by atoms with Crippen molar-refractivity contribution in [1.82, 2.24) is 9.13 Å². The third kappa shape index (κ3) is 4.51. The monoisotopic (exact) mass is 674 g/mol. The lowest BCUT2D eigenvalue weighted by Gasteiger charge is -2.35. The lowest BCUT2D eigenvalue weighted by molar-refractivity contribution is 0.462. The molecule has 0 bridgehead atoms. The first-order chi connectivity index (χ1) is 26.3. The van der Waals surface area contributed by atoms with E-state index in [2.05, 4.69) is 184 Å². The van der Waals surface area contributed by atoms with Crippen LogP contribution < -0.4 is 25.9 Å². The molecule has 2 aliphatic heterocycles. The van der Waals surface area contributed by atoms with E-state index in [0.717, 1.165) is 72.8 Å². The Bertz CT molecular complexity index is 2810. The lowest BCUT2D eigenvalue weighted by atomic mass is 9.34. The third-order valence-electron chi connectivity index (χ3n) is 10.2. The summed E-state index contributed by atoms with van der Waals surface area (Å²) in [6.45, 7) is -0.0604. The van der Waals surface area contributed by atoms with Crippen molar-refractivity contribution < 1.29 is 9.47 Å². The Labute approximate surface area is 306 Å². The number of rotatable bonds is 2. The van der Waals surface area contributed by atoms with Crippen LogP contribution in [0.3, 0.4) is 0 Å². The molecule has 0 aliphatic carbocycles. The molecule has 0 unspecified atom stereocenters. The molecule has 0 N–H and O–H groups in total. The van der Waals surface area contributed by atoms with E-state index in [9.17, 15) is 0 Å². The van der Waals surface area contributed by atoms with Crippen molar-refractivity contribution in [2.24, 2.45) is 0 Å². The average molecular weight is 675 g/mol. The summed E-state index contributed by atoms with van der Waals surface area (Å²) in [4.78, 5) is 0. The van der Waals surface area contributed by atoms with Crippen LogP contribution in [0.25, 0.3) is 55.0 Å². The van der Waals surface area contributed by atoms with E-state index in [1.54, 1.807) is 0 Å². The van der Waals surface area contributed by atoms with Crippen LogP contribution in [0.4, 0.5) is 0 Å². The molecule has 0 saturated heterocycles. The number of benzene rings is 7. The predicted octanol–water partition coefficient (Wildman–Crippen LogP) is 8.86. The zero-order valence-electron chi connectivity index (χ0n) is 28.4. The highest BCUT2D eigenvalue weighted by molar-refractivity contribution is 6.98. The first-order valence-electron chi connectivity index (χ1n) is 17.4. The van der Waals surface area contributed by atoms with Gasteiger partial charge in [-0.05, 0) is 77.1 Å². The quantitative estimate of drug-likeness (QED) is 0.135. The molecular weight excluding hydrogens is 647 g/mol. The maximum atomic E-state index is 7.03. The Balaban J connectivity index is 0.000000541. The van der Waals surface area contributed by atoms with E-state index >= 15 is 0 Å². The van der Waals surface area contributed by atoms with Gasteiger partial charge in [0, 0.05) is 27.0 Å². The van der Waals surface area contributed by atoms with Crippen molar-refractivity contribution >= 4 is 66.7 Å². The summed E-state index contributed by atoms with van der Waals surface area (Å²) in [5.74, 6) is 12.0. The Kier molecular flexibility index (Phi) is 6.90. The van der Waals surface area contributed by atoms with Crippen LogP contribution in [0.1, 0.15) is 0 Å². The molecule has 0 spiro atoms. The molecule has 244 valence electrons. The smallest absolute Gasteiger partial charge is 0.260 e. The van der Waals surface area contributed by atoms with Gasteiger partial charge in [0.1, 0.15) is 11.5 Å². The SMILES string of the molecule is C#CC#CC#C.c1ccc2c(c1)Oc1c(-n3c4ccccc4c4ccccc43)cc(-n3c4ccccc4c4ccccc43)c3c1B2c1ccccc1O3. The van der Waals surface area contributed by atoms with Crippen molar-refractivity contribution in [2.75, 3.05) is 0 Å². The second-order valence-electron chi connectivity index (χ2n) is 13.0. The van der Waals surface area contributed by atoms with Crippen LogP contribution in [0.5, 0.6) is 23.0 Å². The molecular formula is C48H27BN2O2. The summed E-state index contributed by atoms with van der Waals surface area (Å²) < 4.78 is 18.8. The summed E-state index contributed by atoms with van der Waals surface area (Å²) in [7, 11) is 0. The largest absolute Gasteiger partial charge is 0.456 e. The van der Waals surface area contributed by atoms with E-state index < -0.39 is 0 Å². The third-order valence-corrected chi connectivity index (χ3v) is 10.2. The van der Waals surface area contributed by atoms with Crippen molar-refractivity contribution in [1.29, 1.82) is 0 Å². The molecule has 0 saturated carbocycles. The van der Waals surface area contributed by atoms with Crippen LogP contribution in [0.2, 0.25) is 0 Å². The Hall–Kier alpha value is -7.52. The van der Waals surface area contributed by atoms with Gasteiger partial charge in [-0.25, -0.2) is 0 Å². The number of hydrogen-bond acceptors (Lipinski definition) is 2.